The van der Waals surface area contributed by atoms with E-state index in [0.717, 1.165) is 44.2 Å². The summed E-state index contributed by atoms with van der Waals surface area (Å²) >= 11 is 0. The first kappa shape index (κ1) is 19.3. The summed E-state index contributed by atoms with van der Waals surface area (Å²) in [6.07, 6.45) is 5.82. The van der Waals surface area contributed by atoms with Crippen molar-refractivity contribution in [2.75, 3.05) is 18.7 Å². The van der Waals surface area contributed by atoms with Gasteiger partial charge in [0.25, 0.3) is 11.8 Å². The summed E-state index contributed by atoms with van der Waals surface area (Å²) in [4.78, 5) is 30.0. The fraction of sp³-hybridized carbons (Fsp3) is 0.476. The minimum atomic E-state index is -0.336. The second kappa shape index (κ2) is 8.55. The average Bonchev–Trinajstić information content (AvgIpc) is 3.35. The molecule has 0 bridgehead atoms. The largest absolute Gasteiger partial charge is 0.454 e. The Labute approximate surface area is 169 Å². The molecule has 4 rings (SSSR count). The van der Waals surface area contributed by atoms with E-state index in [1.54, 1.807) is 18.2 Å². The van der Waals surface area contributed by atoms with Gasteiger partial charge in [-0.15, -0.1) is 0 Å². The van der Waals surface area contributed by atoms with Gasteiger partial charge in [-0.05, 0) is 37.8 Å². The number of nitrogens with zero attached hydrogens (tertiary/aromatic N) is 2. The minimum absolute atomic E-state index is 0.178. The Balaban J connectivity index is 1.53. The van der Waals surface area contributed by atoms with E-state index in [4.69, 9.17) is 9.47 Å². The standard InChI is InChI=1S/C21H26N4O4/c1-2-3-5-10-22-20(26)18-15-7-4-6-11-25(15)19(24-18)21(27)23-14-8-9-16-17(12-14)29-13-28-16/h8-9,12H,2-7,10-11,13H2,1H3,(H,22,26)(H,23,27). The quantitative estimate of drug-likeness (QED) is 0.699. The summed E-state index contributed by atoms with van der Waals surface area (Å²) in [5.74, 6) is 0.991. The summed E-state index contributed by atoms with van der Waals surface area (Å²) in [5.41, 5.74) is 1.81. The van der Waals surface area contributed by atoms with Crippen LogP contribution in [0.1, 0.15) is 65.8 Å². The van der Waals surface area contributed by atoms with E-state index in [1.807, 2.05) is 4.57 Å². The number of ether oxygens (including phenoxy) is 2. The van der Waals surface area contributed by atoms with Gasteiger partial charge in [-0.2, -0.15) is 0 Å². The molecular formula is C21H26N4O4. The van der Waals surface area contributed by atoms with E-state index in [9.17, 15) is 9.59 Å². The fourth-order valence-corrected chi connectivity index (χ4v) is 3.72. The summed E-state index contributed by atoms with van der Waals surface area (Å²) in [6.45, 7) is 3.61. The van der Waals surface area contributed by atoms with Crippen molar-refractivity contribution < 1.29 is 19.1 Å². The third-order valence-corrected chi connectivity index (χ3v) is 5.23. The number of rotatable bonds is 7. The molecular weight excluding hydrogens is 372 g/mol. The number of nitrogens with one attached hydrogen (secondary N) is 2. The highest BCUT2D eigenvalue weighted by atomic mass is 16.7. The lowest BCUT2D eigenvalue weighted by Crippen LogP contribution is -2.26. The predicted molar refractivity (Wildman–Crippen MR) is 108 cm³/mol. The van der Waals surface area contributed by atoms with E-state index in [0.29, 0.717) is 36.0 Å². The van der Waals surface area contributed by atoms with Crippen LogP contribution < -0.4 is 20.1 Å². The molecule has 1 aromatic heterocycles. The predicted octanol–water partition coefficient (Wildman–Crippen LogP) is 3.12. The van der Waals surface area contributed by atoms with Gasteiger partial charge in [0.1, 0.15) is 5.69 Å². The monoisotopic (exact) mass is 398 g/mol. The van der Waals surface area contributed by atoms with Crippen LogP contribution in [-0.4, -0.2) is 34.7 Å². The van der Waals surface area contributed by atoms with Gasteiger partial charge in [-0.1, -0.05) is 19.8 Å². The highest BCUT2D eigenvalue weighted by Gasteiger charge is 2.27. The Morgan fingerprint density at radius 2 is 2.00 bits per heavy atom. The topological polar surface area (TPSA) is 94.5 Å². The molecule has 8 nitrogen and oxygen atoms in total. The molecule has 2 N–H and O–H groups in total. The maximum Gasteiger partial charge on any atom is 0.291 e. The second-order valence-corrected chi connectivity index (χ2v) is 7.32. The van der Waals surface area contributed by atoms with E-state index in [1.165, 1.54) is 0 Å². The fourth-order valence-electron chi connectivity index (χ4n) is 3.72. The van der Waals surface area contributed by atoms with Crippen LogP contribution in [-0.2, 0) is 13.0 Å². The lowest BCUT2D eigenvalue weighted by molar-refractivity contribution is 0.0947. The van der Waals surface area contributed by atoms with Crippen molar-refractivity contribution in [2.45, 2.75) is 52.0 Å². The molecule has 0 saturated heterocycles. The maximum absolute atomic E-state index is 12.9. The van der Waals surface area contributed by atoms with Gasteiger partial charge in [0.2, 0.25) is 6.79 Å². The van der Waals surface area contributed by atoms with E-state index < -0.39 is 0 Å². The summed E-state index contributed by atoms with van der Waals surface area (Å²) < 4.78 is 12.5. The Hall–Kier alpha value is -3.03. The van der Waals surface area contributed by atoms with Crippen LogP contribution >= 0.6 is 0 Å². The van der Waals surface area contributed by atoms with Gasteiger partial charge in [-0.3, -0.25) is 9.59 Å². The molecule has 0 aliphatic carbocycles. The smallest absolute Gasteiger partial charge is 0.291 e. The van der Waals surface area contributed by atoms with Crippen LogP contribution in [0, 0.1) is 0 Å². The van der Waals surface area contributed by atoms with Crippen LogP contribution in [0.3, 0.4) is 0 Å². The van der Waals surface area contributed by atoms with Crippen LogP contribution in [0.15, 0.2) is 18.2 Å². The first-order valence-corrected chi connectivity index (χ1v) is 10.3. The third kappa shape index (κ3) is 4.06. The van der Waals surface area contributed by atoms with Crippen molar-refractivity contribution in [3.8, 4) is 11.5 Å². The van der Waals surface area contributed by atoms with Crippen molar-refractivity contribution in [1.29, 1.82) is 0 Å². The van der Waals surface area contributed by atoms with Crippen LogP contribution in [0.2, 0.25) is 0 Å². The zero-order chi connectivity index (χ0) is 20.2. The number of hydrogen-bond donors (Lipinski definition) is 2. The lowest BCUT2D eigenvalue weighted by Gasteiger charge is -2.17. The molecule has 0 radical (unpaired) electrons. The number of benzene rings is 1. The average molecular weight is 398 g/mol. The van der Waals surface area contributed by atoms with Crippen molar-refractivity contribution in [1.82, 2.24) is 14.9 Å². The highest BCUT2D eigenvalue weighted by molar-refractivity contribution is 6.03. The van der Waals surface area contributed by atoms with Crippen molar-refractivity contribution in [3.05, 3.63) is 35.4 Å². The van der Waals surface area contributed by atoms with E-state index in [2.05, 4.69) is 22.5 Å². The Morgan fingerprint density at radius 3 is 2.86 bits per heavy atom. The number of carbonyl (C=O) groups is 2. The summed E-state index contributed by atoms with van der Waals surface area (Å²) in [6, 6.07) is 5.24. The van der Waals surface area contributed by atoms with E-state index >= 15 is 0 Å². The molecule has 1 aromatic carbocycles. The van der Waals surface area contributed by atoms with Gasteiger partial charge in [-0.25, -0.2) is 4.98 Å². The molecule has 29 heavy (non-hydrogen) atoms. The first-order valence-electron chi connectivity index (χ1n) is 10.3. The van der Waals surface area contributed by atoms with Crippen molar-refractivity contribution in [3.63, 3.8) is 0 Å². The van der Waals surface area contributed by atoms with Crippen molar-refractivity contribution in [2.24, 2.45) is 0 Å². The molecule has 0 atom stereocenters. The lowest BCUT2D eigenvalue weighted by atomic mass is 10.1. The Morgan fingerprint density at radius 1 is 1.14 bits per heavy atom. The number of unbranched alkanes of at least 4 members (excludes halogenated alkanes) is 2. The molecule has 2 amide bonds. The Bertz CT molecular complexity index is 922. The zero-order valence-electron chi connectivity index (χ0n) is 16.6. The first-order chi connectivity index (χ1) is 14.2. The molecule has 2 aliphatic heterocycles. The van der Waals surface area contributed by atoms with Gasteiger partial charge in [0.05, 0.1) is 5.69 Å². The van der Waals surface area contributed by atoms with Gasteiger partial charge in [0, 0.05) is 24.8 Å². The van der Waals surface area contributed by atoms with Crippen LogP contribution in [0.5, 0.6) is 11.5 Å². The number of fused-ring (bicyclic) bond motifs is 2. The molecule has 8 heteroatoms. The number of amides is 2. The molecule has 0 saturated carbocycles. The van der Waals surface area contributed by atoms with Crippen LogP contribution in [0.25, 0.3) is 0 Å². The van der Waals surface area contributed by atoms with Gasteiger partial charge < -0.3 is 24.7 Å². The summed E-state index contributed by atoms with van der Waals surface area (Å²) in [5, 5.41) is 5.80. The highest BCUT2D eigenvalue weighted by Crippen LogP contribution is 2.34. The molecule has 2 aliphatic rings. The SMILES string of the molecule is CCCCCNC(=O)c1nc(C(=O)Nc2ccc3c(c2)OCO3)n2c1CCCC2. The maximum atomic E-state index is 12.9. The molecule has 154 valence electrons. The molecule has 0 unspecified atom stereocenters. The second-order valence-electron chi connectivity index (χ2n) is 7.32. The van der Waals surface area contributed by atoms with Crippen molar-refractivity contribution >= 4 is 17.5 Å². The summed E-state index contributed by atoms with van der Waals surface area (Å²) in [7, 11) is 0. The zero-order valence-corrected chi connectivity index (χ0v) is 16.6. The Kier molecular flexibility index (Phi) is 5.69. The molecule has 0 spiro atoms. The number of hydrogen-bond acceptors (Lipinski definition) is 5. The molecule has 0 fully saturated rings. The van der Waals surface area contributed by atoms with Crippen LogP contribution in [0.4, 0.5) is 5.69 Å². The molecule has 2 aromatic rings. The number of imidazole rings is 1. The third-order valence-electron chi connectivity index (χ3n) is 5.23. The van der Waals surface area contributed by atoms with Gasteiger partial charge >= 0.3 is 0 Å². The minimum Gasteiger partial charge on any atom is -0.454 e. The van der Waals surface area contributed by atoms with Gasteiger partial charge in [0.15, 0.2) is 17.3 Å². The molecule has 3 heterocycles. The number of aromatic nitrogens is 2. The number of carbonyl (C=O) groups excluding carboxylic acids is 2. The normalized spacial score (nSPS) is 14.4. The van der Waals surface area contributed by atoms with E-state index in [-0.39, 0.29) is 24.4 Å². The number of anilines is 1.